The molecule has 0 radical (unpaired) electrons. The van der Waals surface area contributed by atoms with Crippen LogP contribution in [0, 0.1) is 17.3 Å². The van der Waals surface area contributed by atoms with E-state index < -0.39 is 35.2 Å². The molecule has 6 nitrogen and oxygen atoms in total. The predicted molar refractivity (Wildman–Crippen MR) is 69.5 cm³/mol. The van der Waals surface area contributed by atoms with E-state index in [-0.39, 0.29) is 13.2 Å². The van der Waals surface area contributed by atoms with Gasteiger partial charge in [-0.15, -0.1) is 0 Å². The normalized spacial score (nSPS) is 20.8. The van der Waals surface area contributed by atoms with Gasteiger partial charge in [-0.1, -0.05) is 12.2 Å². The largest absolute Gasteiger partial charge is 0.469 e. The van der Waals surface area contributed by atoms with Crippen LogP contribution in [0.25, 0.3) is 0 Å². The first-order chi connectivity index (χ1) is 9.43. The summed E-state index contributed by atoms with van der Waals surface area (Å²) < 4.78 is 14.6. The minimum absolute atomic E-state index is 0.146. The van der Waals surface area contributed by atoms with Crippen molar-refractivity contribution in [3.05, 3.63) is 12.2 Å². The third kappa shape index (κ3) is 2.69. The molecule has 0 N–H and O–H groups in total. The molecular formula is C14H20O6. The van der Waals surface area contributed by atoms with Crippen molar-refractivity contribution in [1.82, 2.24) is 0 Å². The number of hydrogen-bond acceptors (Lipinski definition) is 6. The number of ether oxygens (including phenoxy) is 3. The molecule has 20 heavy (non-hydrogen) atoms. The van der Waals surface area contributed by atoms with Crippen LogP contribution in [0.15, 0.2) is 12.2 Å². The summed E-state index contributed by atoms with van der Waals surface area (Å²) in [7, 11) is 1.26. The van der Waals surface area contributed by atoms with Crippen molar-refractivity contribution < 1.29 is 28.6 Å². The first-order valence-corrected chi connectivity index (χ1v) is 6.54. The van der Waals surface area contributed by atoms with Gasteiger partial charge in [-0.25, -0.2) is 0 Å². The Morgan fingerprint density at radius 3 is 1.85 bits per heavy atom. The molecule has 0 heterocycles. The molecule has 0 saturated heterocycles. The molecule has 0 aliphatic heterocycles. The Hall–Kier alpha value is -1.85. The van der Waals surface area contributed by atoms with Crippen molar-refractivity contribution in [3.63, 3.8) is 0 Å². The fraction of sp³-hybridized carbons (Fsp3) is 0.643. The zero-order valence-electron chi connectivity index (χ0n) is 12.2. The van der Waals surface area contributed by atoms with Crippen LogP contribution >= 0.6 is 0 Å². The van der Waals surface area contributed by atoms with E-state index in [4.69, 9.17) is 9.47 Å². The van der Waals surface area contributed by atoms with Crippen LogP contribution in [0.3, 0.4) is 0 Å². The molecule has 2 atom stereocenters. The minimum Gasteiger partial charge on any atom is -0.469 e. The molecule has 1 rings (SSSR count). The fourth-order valence-electron chi connectivity index (χ4n) is 2.16. The molecule has 0 spiro atoms. The number of carbonyl (C=O) groups excluding carboxylic acids is 3. The van der Waals surface area contributed by atoms with Crippen molar-refractivity contribution in [3.8, 4) is 0 Å². The summed E-state index contributed by atoms with van der Waals surface area (Å²) in [5, 5.41) is 0. The van der Waals surface area contributed by atoms with Crippen LogP contribution in [0.4, 0.5) is 0 Å². The van der Waals surface area contributed by atoms with Gasteiger partial charge >= 0.3 is 17.9 Å². The number of rotatable bonds is 6. The van der Waals surface area contributed by atoms with Crippen LogP contribution < -0.4 is 0 Å². The van der Waals surface area contributed by atoms with Gasteiger partial charge in [-0.05, 0) is 20.8 Å². The van der Waals surface area contributed by atoms with Crippen LogP contribution in [-0.4, -0.2) is 38.2 Å². The Balaban J connectivity index is 3.06. The zero-order chi connectivity index (χ0) is 15.3. The molecule has 0 bridgehead atoms. The highest BCUT2D eigenvalue weighted by atomic mass is 16.6. The Morgan fingerprint density at radius 2 is 1.55 bits per heavy atom. The molecular weight excluding hydrogens is 264 g/mol. The smallest absolute Gasteiger partial charge is 0.323 e. The molecule has 0 saturated carbocycles. The standard InChI is InChI=1S/C14H20O6/c1-5-19-12(16)14(3,13(17)20-6-2)10-8-7-9(10)11(15)18-4/h7-10H,5-6H2,1-4H3/t9-,10+/m0/s1. The summed E-state index contributed by atoms with van der Waals surface area (Å²) >= 11 is 0. The van der Waals surface area contributed by atoms with Gasteiger partial charge in [0, 0.05) is 5.92 Å². The second kappa shape index (κ2) is 6.54. The monoisotopic (exact) mass is 284 g/mol. The average Bonchev–Trinajstić information content (AvgIpc) is 2.37. The summed E-state index contributed by atoms with van der Waals surface area (Å²) in [4.78, 5) is 36.0. The number of hydrogen-bond donors (Lipinski definition) is 0. The van der Waals surface area contributed by atoms with E-state index in [2.05, 4.69) is 4.74 Å². The van der Waals surface area contributed by atoms with Gasteiger partial charge in [0.1, 0.15) is 0 Å². The number of methoxy groups -OCH3 is 1. The van der Waals surface area contributed by atoms with Crippen molar-refractivity contribution in [1.29, 1.82) is 0 Å². The lowest BCUT2D eigenvalue weighted by Gasteiger charge is -2.38. The maximum Gasteiger partial charge on any atom is 0.323 e. The molecule has 112 valence electrons. The maximum absolute atomic E-state index is 12.2. The Morgan fingerprint density at radius 1 is 1.05 bits per heavy atom. The second-order valence-electron chi connectivity index (χ2n) is 4.60. The van der Waals surface area contributed by atoms with Gasteiger partial charge in [0.2, 0.25) is 0 Å². The maximum atomic E-state index is 12.2. The first-order valence-electron chi connectivity index (χ1n) is 6.54. The highest BCUT2D eigenvalue weighted by Gasteiger charge is 2.56. The second-order valence-corrected chi connectivity index (χ2v) is 4.60. The van der Waals surface area contributed by atoms with Gasteiger partial charge in [-0.2, -0.15) is 0 Å². The molecule has 0 aromatic heterocycles. The average molecular weight is 284 g/mol. The van der Waals surface area contributed by atoms with E-state index in [1.807, 2.05) is 0 Å². The molecule has 0 aromatic carbocycles. The molecule has 1 aliphatic rings. The van der Waals surface area contributed by atoms with E-state index in [0.717, 1.165) is 0 Å². The zero-order valence-corrected chi connectivity index (χ0v) is 12.2. The summed E-state index contributed by atoms with van der Waals surface area (Å²) in [5.74, 6) is -3.13. The number of allylic oxidation sites excluding steroid dienone is 1. The van der Waals surface area contributed by atoms with Crippen molar-refractivity contribution in [2.75, 3.05) is 20.3 Å². The lowest BCUT2D eigenvalue weighted by molar-refractivity contribution is -0.176. The summed E-state index contributed by atoms with van der Waals surface area (Å²) in [5.41, 5.74) is -1.54. The third-order valence-corrected chi connectivity index (χ3v) is 3.45. The van der Waals surface area contributed by atoms with Crippen molar-refractivity contribution in [2.24, 2.45) is 17.3 Å². The Kier molecular flexibility index (Phi) is 5.30. The van der Waals surface area contributed by atoms with Gasteiger partial charge in [0.25, 0.3) is 0 Å². The fourth-order valence-corrected chi connectivity index (χ4v) is 2.16. The molecule has 1 aliphatic carbocycles. The molecule has 0 fully saturated rings. The topological polar surface area (TPSA) is 78.9 Å². The van der Waals surface area contributed by atoms with Crippen molar-refractivity contribution >= 4 is 17.9 Å². The van der Waals surface area contributed by atoms with Crippen LogP contribution in [0.5, 0.6) is 0 Å². The van der Waals surface area contributed by atoms with Gasteiger partial charge < -0.3 is 14.2 Å². The Labute approximate surface area is 118 Å². The van der Waals surface area contributed by atoms with Crippen LogP contribution in [0.1, 0.15) is 20.8 Å². The highest BCUT2D eigenvalue weighted by molar-refractivity contribution is 6.01. The van der Waals surface area contributed by atoms with E-state index in [9.17, 15) is 14.4 Å². The van der Waals surface area contributed by atoms with Crippen LogP contribution in [0.2, 0.25) is 0 Å². The van der Waals surface area contributed by atoms with Crippen LogP contribution in [-0.2, 0) is 28.6 Å². The molecule has 0 unspecified atom stereocenters. The summed E-state index contributed by atoms with van der Waals surface area (Å²) in [6.07, 6.45) is 3.24. The van der Waals surface area contributed by atoms with E-state index >= 15 is 0 Å². The third-order valence-electron chi connectivity index (χ3n) is 3.45. The van der Waals surface area contributed by atoms with Gasteiger partial charge in [0.05, 0.1) is 26.2 Å². The highest BCUT2D eigenvalue weighted by Crippen LogP contribution is 2.43. The molecule has 0 amide bonds. The van der Waals surface area contributed by atoms with Crippen molar-refractivity contribution in [2.45, 2.75) is 20.8 Å². The van der Waals surface area contributed by atoms with E-state index in [1.165, 1.54) is 14.0 Å². The van der Waals surface area contributed by atoms with E-state index in [0.29, 0.717) is 0 Å². The molecule has 0 aromatic rings. The minimum atomic E-state index is -1.54. The first kappa shape index (κ1) is 16.2. The van der Waals surface area contributed by atoms with Gasteiger partial charge in [-0.3, -0.25) is 14.4 Å². The SMILES string of the molecule is CCOC(=O)C(C)(C(=O)OCC)[C@@H]1C=C[C@@H]1C(=O)OC. The summed E-state index contributed by atoms with van der Waals surface area (Å²) in [6.45, 7) is 5.03. The quantitative estimate of drug-likeness (QED) is 0.314. The number of carbonyl (C=O) groups is 3. The molecule has 6 heteroatoms. The number of esters is 3. The van der Waals surface area contributed by atoms with Gasteiger partial charge in [0.15, 0.2) is 5.41 Å². The van der Waals surface area contributed by atoms with E-state index in [1.54, 1.807) is 26.0 Å². The lowest BCUT2D eigenvalue weighted by atomic mass is 9.64. The predicted octanol–water partition coefficient (Wildman–Crippen LogP) is 1.09. The summed E-state index contributed by atoms with van der Waals surface area (Å²) in [6, 6.07) is 0. The lowest BCUT2D eigenvalue weighted by Crippen LogP contribution is -2.51. The Bertz CT molecular complexity index is 407.